The highest BCUT2D eigenvalue weighted by molar-refractivity contribution is 7.98. The Hall–Kier alpha value is -3.30. The van der Waals surface area contributed by atoms with Gasteiger partial charge in [0.05, 0.1) is 10.6 Å². The lowest BCUT2D eigenvalue weighted by molar-refractivity contribution is -0.117. The Balaban J connectivity index is 1.43. The number of benzene rings is 3. The molecule has 3 aromatic rings. The highest BCUT2D eigenvalue weighted by atomic mass is 32.2. The Morgan fingerprint density at radius 1 is 0.971 bits per heavy atom. The SMILES string of the molecule is CSc1ccc(S(=O)(=O)N(C)c2ccc(C(=O)Nc3ccc(N4CCCC4=O)cc3)cc2)cc1. The monoisotopic (exact) mass is 495 g/mol. The molecule has 0 spiro atoms. The summed E-state index contributed by atoms with van der Waals surface area (Å²) in [6.45, 7) is 0.712. The molecule has 1 aliphatic heterocycles. The van der Waals surface area contributed by atoms with E-state index >= 15 is 0 Å². The van der Waals surface area contributed by atoms with E-state index in [1.165, 1.54) is 11.4 Å². The second kappa shape index (κ2) is 9.90. The van der Waals surface area contributed by atoms with Crippen molar-refractivity contribution in [1.82, 2.24) is 0 Å². The van der Waals surface area contributed by atoms with E-state index in [4.69, 9.17) is 0 Å². The number of nitrogens with zero attached hydrogens (tertiary/aromatic N) is 2. The van der Waals surface area contributed by atoms with Gasteiger partial charge in [0.2, 0.25) is 5.91 Å². The van der Waals surface area contributed by atoms with Crippen LogP contribution in [0.1, 0.15) is 23.2 Å². The third-order valence-electron chi connectivity index (χ3n) is 5.72. The van der Waals surface area contributed by atoms with Crippen LogP contribution in [0, 0.1) is 0 Å². The molecule has 3 aromatic carbocycles. The predicted molar refractivity (Wildman–Crippen MR) is 136 cm³/mol. The van der Waals surface area contributed by atoms with Crippen molar-refractivity contribution in [2.75, 3.05) is 34.4 Å². The first-order valence-electron chi connectivity index (χ1n) is 10.7. The van der Waals surface area contributed by atoms with Crippen molar-refractivity contribution < 1.29 is 18.0 Å². The van der Waals surface area contributed by atoms with Gasteiger partial charge in [0.25, 0.3) is 15.9 Å². The Morgan fingerprint density at radius 3 is 2.18 bits per heavy atom. The maximum atomic E-state index is 13.0. The number of carbonyl (C=O) groups is 2. The molecule has 1 heterocycles. The third-order valence-corrected chi connectivity index (χ3v) is 8.26. The van der Waals surface area contributed by atoms with Crippen molar-refractivity contribution in [3.63, 3.8) is 0 Å². The quantitative estimate of drug-likeness (QED) is 0.484. The zero-order chi connectivity index (χ0) is 24.3. The van der Waals surface area contributed by atoms with Crippen molar-refractivity contribution >= 4 is 50.7 Å². The summed E-state index contributed by atoms with van der Waals surface area (Å²) in [6, 6.07) is 20.2. The van der Waals surface area contributed by atoms with Gasteiger partial charge in [0.1, 0.15) is 0 Å². The molecule has 176 valence electrons. The van der Waals surface area contributed by atoms with Crippen LogP contribution in [0.3, 0.4) is 0 Å². The summed E-state index contributed by atoms with van der Waals surface area (Å²) in [7, 11) is -2.23. The molecule has 0 bridgehead atoms. The van der Waals surface area contributed by atoms with Crippen LogP contribution in [-0.2, 0) is 14.8 Å². The first-order valence-corrected chi connectivity index (χ1v) is 13.4. The van der Waals surface area contributed by atoms with Gasteiger partial charge in [-0.05, 0) is 85.5 Å². The van der Waals surface area contributed by atoms with Crippen molar-refractivity contribution in [3.8, 4) is 0 Å². The fourth-order valence-corrected chi connectivity index (χ4v) is 5.32. The van der Waals surface area contributed by atoms with Crippen LogP contribution in [0.15, 0.2) is 82.6 Å². The number of anilines is 3. The Kier molecular flexibility index (Phi) is 6.95. The highest BCUT2D eigenvalue weighted by Crippen LogP contribution is 2.26. The first-order chi connectivity index (χ1) is 16.3. The minimum absolute atomic E-state index is 0.112. The molecule has 0 saturated carbocycles. The largest absolute Gasteiger partial charge is 0.322 e. The van der Waals surface area contributed by atoms with Crippen molar-refractivity contribution in [3.05, 3.63) is 78.4 Å². The smallest absolute Gasteiger partial charge is 0.264 e. The van der Waals surface area contributed by atoms with E-state index in [1.807, 2.05) is 18.4 Å². The van der Waals surface area contributed by atoms with Gasteiger partial charge in [-0.1, -0.05) is 0 Å². The average Bonchev–Trinajstić information content (AvgIpc) is 3.30. The number of nitrogens with one attached hydrogen (secondary N) is 1. The van der Waals surface area contributed by atoms with Gasteiger partial charge < -0.3 is 10.2 Å². The number of carbonyl (C=O) groups excluding carboxylic acids is 2. The summed E-state index contributed by atoms with van der Waals surface area (Å²) < 4.78 is 27.1. The van der Waals surface area contributed by atoms with Crippen molar-refractivity contribution in [2.24, 2.45) is 0 Å². The zero-order valence-corrected chi connectivity index (χ0v) is 20.5. The standard InChI is InChI=1S/C25H25N3O4S2/c1-27(34(31,32)23-15-13-22(33-2)14-16-23)20-9-5-18(6-10-20)25(30)26-19-7-11-21(12-8-19)28-17-3-4-24(28)29/h5-16H,3-4,17H2,1-2H3,(H,26,30). The molecule has 9 heteroatoms. The number of thioether (sulfide) groups is 1. The number of hydrogen-bond donors (Lipinski definition) is 1. The second-order valence-electron chi connectivity index (χ2n) is 7.84. The molecule has 1 aliphatic rings. The van der Waals surface area contributed by atoms with Crippen molar-refractivity contribution in [2.45, 2.75) is 22.6 Å². The topological polar surface area (TPSA) is 86.8 Å². The summed E-state index contributed by atoms with van der Waals surface area (Å²) in [4.78, 5) is 27.5. The van der Waals surface area contributed by atoms with E-state index in [9.17, 15) is 18.0 Å². The van der Waals surface area contributed by atoms with E-state index in [-0.39, 0.29) is 16.7 Å². The molecule has 4 rings (SSSR count). The van der Waals surface area contributed by atoms with Gasteiger partial charge >= 0.3 is 0 Å². The van der Waals surface area contributed by atoms with Gasteiger partial charge in [-0.3, -0.25) is 13.9 Å². The zero-order valence-electron chi connectivity index (χ0n) is 18.9. The average molecular weight is 496 g/mol. The van der Waals surface area contributed by atoms with Gasteiger partial charge in [0, 0.05) is 41.8 Å². The highest BCUT2D eigenvalue weighted by Gasteiger charge is 2.22. The Morgan fingerprint density at radius 2 is 1.62 bits per heavy atom. The summed E-state index contributed by atoms with van der Waals surface area (Å²) in [5.41, 5.74) is 2.28. The predicted octanol–water partition coefficient (Wildman–Crippen LogP) is 4.61. The van der Waals surface area contributed by atoms with Gasteiger partial charge in [-0.15, -0.1) is 11.8 Å². The van der Waals surface area contributed by atoms with Crippen LogP contribution in [0.4, 0.5) is 17.1 Å². The van der Waals surface area contributed by atoms with E-state index in [1.54, 1.807) is 77.3 Å². The summed E-state index contributed by atoms with van der Waals surface area (Å²) >= 11 is 1.54. The first kappa shape index (κ1) is 23.8. The van der Waals surface area contributed by atoms with E-state index in [2.05, 4.69) is 5.32 Å². The Labute approximate surface area is 203 Å². The molecular formula is C25H25N3O4S2. The molecule has 7 nitrogen and oxygen atoms in total. The molecule has 1 fully saturated rings. The van der Waals surface area contributed by atoms with Crippen LogP contribution < -0.4 is 14.5 Å². The Bertz CT molecular complexity index is 1290. The second-order valence-corrected chi connectivity index (χ2v) is 10.7. The van der Waals surface area contributed by atoms with Gasteiger partial charge in [-0.25, -0.2) is 8.42 Å². The maximum absolute atomic E-state index is 13.0. The molecule has 1 saturated heterocycles. The van der Waals surface area contributed by atoms with E-state index in [0.29, 0.717) is 29.9 Å². The fraction of sp³-hybridized carbons (Fsp3) is 0.200. The molecule has 0 radical (unpaired) electrons. The lowest BCUT2D eigenvalue weighted by atomic mass is 10.2. The molecule has 1 N–H and O–H groups in total. The molecule has 34 heavy (non-hydrogen) atoms. The lowest BCUT2D eigenvalue weighted by Gasteiger charge is -2.20. The minimum atomic E-state index is -3.72. The summed E-state index contributed by atoms with van der Waals surface area (Å²) in [5.74, 6) is -0.199. The molecular weight excluding hydrogens is 470 g/mol. The van der Waals surface area contributed by atoms with Gasteiger partial charge in [0.15, 0.2) is 0 Å². The fourth-order valence-electron chi connectivity index (χ4n) is 3.72. The van der Waals surface area contributed by atoms with Crippen LogP contribution >= 0.6 is 11.8 Å². The van der Waals surface area contributed by atoms with Crippen LogP contribution in [0.25, 0.3) is 0 Å². The molecule has 0 aromatic heterocycles. The molecule has 0 aliphatic carbocycles. The van der Waals surface area contributed by atoms with E-state index in [0.717, 1.165) is 17.0 Å². The molecule has 2 amide bonds. The lowest BCUT2D eigenvalue weighted by Crippen LogP contribution is -2.26. The van der Waals surface area contributed by atoms with Gasteiger partial charge in [-0.2, -0.15) is 0 Å². The summed E-state index contributed by atoms with van der Waals surface area (Å²) in [6.07, 6.45) is 3.35. The number of rotatable bonds is 7. The van der Waals surface area contributed by atoms with Crippen molar-refractivity contribution in [1.29, 1.82) is 0 Å². The minimum Gasteiger partial charge on any atom is -0.322 e. The maximum Gasteiger partial charge on any atom is 0.264 e. The van der Waals surface area contributed by atoms with Crippen LogP contribution in [0.5, 0.6) is 0 Å². The number of hydrogen-bond acceptors (Lipinski definition) is 5. The molecule has 0 atom stereocenters. The number of amides is 2. The summed E-state index contributed by atoms with van der Waals surface area (Å²) in [5, 5.41) is 2.83. The molecule has 0 unspecified atom stereocenters. The normalized spacial score (nSPS) is 13.7. The van der Waals surface area contributed by atoms with E-state index < -0.39 is 10.0 Å². The van der Waals surface area contributed by atoms with Crippen LogP contribution in [0.2, 0.25) is 0 Å². The number of sulfonamides is 1. The third kappa shape index (κ3) is 4.95. The van der Waals surface area contributed by atoms with Crippen LogP contribution in [-0.4, -0.2) is 40.1 Å².